The van der Waals surface area contributed by atoms with E-state index in [0.717, 1.165) is 29.0 Å². The van der Waals surface area contributed by atoms with Crippen LogP contribution >= 0.6 is 24.0 Å². The maximum absolute atomic E-state index is 13.0. The molecule has 1 fully saturated rings. The van der Waals surface area contributed by atoms with E-state index in [2.05, 4.69) is 0 Å². The van der Waals surface area contributed by atoms with Crippen molar-refractivity contribution >= 4 is 40.3 Å². The lowest BCUT2D eigenvalue weighted by Gasteiger charge is -2.14. The summed E-state index contributed by atoms with van der Waals surface area (Å²) in [6.45, 7) is 3.61. The van der Waals surface area contributed by atoms with E-state index in [4.69, 9.17) is 21.7 Å². The van der Waals surface area contributed by atoms with Crippen LogP contribution in [0.3, 0.4) is 0 Å². The number of thiocarbonyl (C=S) groups is 1. The average Bonchev–Trinajstić information content (AvgIpc) is 3.08. The van der Waals surface area contributed by atoms with E-state index in [0.29, 0.717) is 29.0 Å². The fraction of sp³-hybridized carbons (Fsp3) is 0.185. The third kappa shape index (κ3) is 6.24. The van der Waals surface area contributed by atoms with E-state index >= 15 is 0 Å². The second-order valence-corrected chi connectivity index (χ2v) is 9.33. The Morgan fingerprint density at radius 2 is 1.70 bits per heavy atom. The number of hydrogen-bond acceptors (Lipinski definition) is 5. The second-order valence-electron chi connectivity index (χ2n) is 7.66. The van der Waals surface area contributed by atoms with Crippen molar-refractivity contribution in [2.75, 3.05) is 13.2 Å². The summed E-state index contributed by atoms with van der Waals surface area (Å²) in [4.78, 5) is 15.2. The van der Waals surface area contributed by atoms with Gasteiger partial charge in [-0.2, -0.15) is 0 Å². The molecule has 1 saturated heterocycles. The Kier molecular flexibility index (Phi) is 7.81. The van der Waals surface area contributed by atoms with Crippen LogP contribution in [0.5, 0.6) is 11.5 Å². The predicted octanol–water partition coefficient (Wildman–Crippen LogP) is 6.24. The van der Waals surface area contributed by atoms with Crippen LogP contribution in [0.1, 0.15) is 23.1 Å². The SMILES string of the molecule is Cc1cccc(OCCCOc2ccccc2/C=C2/SC(=S)N(Cc3ccccc3)C2=O)c1. The molecule has 1 aliphatic heterocycles. The van der Waals surface area contributed by atoms with Crippen LogP contribution in [0.25, 0.3) is 6.08 Å². The molecule has 0 saturated carbocycles. The first kappa shape index (κ1) is 23.1. The summed E-state index contributed by atoms with van der Waals surface area (Å²) in [7, 11) is 0. The molecule has 0 spiro atoms. The van der Waals surface area contributed by atoms with Gasteiger partial charge in [0.1, 0.15) is 15.8 Å². The molecule has 1 amide bonds. The van der Waals surface area contributed by atoms with Crippen LogP contribution in [-0.4, -0.2) is 28.3 Å². The van der Waals surface area contributed by atoms with Gasteiger partial charge in [0.05, 0.1) is 24.7 Å². The topological polar surface area (TPSA) is 38.8 Å². The fourth-order valence-corrected chi connectivity index (χ4v) is 4.66. The summed E-state index contributed by atoms with van der Waals surface area (Å²) in [5.74, 6) is 1.53. The van der Waals surface area contributed by atoms with Crippen molar-refractivity contribution in [2.24, 2.45) is 0 Å². The Morgan fingerprint density at radius 3 is 2.52 bits per heavy atom. The highest BCUT2D eigenvalue weighted by atomic mass is 32.2. The number of nitrogens with zero attached hydrogens (tertiary/aromatic N) is 1. The molecule has 1 aliphatic rings. The van der Waals surface area contributed by atoms with Crippen LogP contribution in [0.15, 0.2) is 83.8 Å². The molecule has 3 aromatic carbocycles. The Bertz CT molecular complexity index is 1160. The van der Waals surface area contributed by atoms with Gasteiger partial charge in [0.2, 0.25) is 0 Å². The smallest absolute Gasteiger partial charge is 0.266 e. The maximum Gasteiger partial charge on any atom is 0.266 e. The van der Waals surface area contributed by atoms with Gasteiger partial charge in [-0.25, -0.2) is 0 Å². The number of para-hydroxylation sites is 1. The third-order valence-corrected chi connectivity index (χ3v) is 6.44. The number of ether oxygens (including phenoxy) is 2. The summed E-state index contributed by atoms with van der Waals surface area (Å²) >= 11 is 6.80. The van der Waals surface area contributed by atoms with Crippen molar-refractivity contribution in [3.63, 3.8) is 0 Å². The first-order chi connectivity index (χ1) is 16.1. The van der Waals surface area contributed by atoms with Crippen LogP contribution in [-0.2, 0) is 11.3 Å². The molecular formula is C27H25NO3S2. The average molecular weight is 476 g/mol. The highest BCUT2D eigenvalue weighted by Crippen LogP contribution is 2.35. The van der Waals surface area contributed by atoms with Crippen molar-refractivity contribution < 1.29 is 14.3 Å². The Morgan fingerprint density at radius 1 is 0.939 bits per heavy atom. The molecule has 6 heteroatoms. The zero-order chi connectivity index (χ0) is 23.0. The molecule has 0 atom stereocenters. The van der Waals surface area contributed by atoms with Crippen molar-refractivity contribution in [3.8, 4) is 11.5 Å². The van der Waals surface area contributed by atoms with Crippen molar-refractivity contribution in [1.29, 1.82) is 0 Å². The zero-order valence-corrected chi connectivity index (χ0v) is 20.0. The number of thioether (sulfide) groups is 1. The number of carbonyl (C=O) groups is 1. The van der Waals surface area contributed by atoms with Gasteiger partial charge in [-0.3, -0.25) is 9.69 Å². The molecule has 1 heterocycles. The molecular weight excluding hydrogens is 450 g/mol. The second kappa shape index (κ2) is 11.2. The molecule has 4 nitrogen and oxygen atoms in total. The molecule has 0 radical (unpaired) electrons. The number of amides is 1. The van der Waals surface area contributed by atoms with Gasteiger partial charge < -0.3 is 9.47 Å². The molecule has 0 N–H and O–H groups in total. The molecule has 0 aliphatic carbocycles. The van der Waals surface area contributed by atoms with Gasteiger partial charge in [-0.1, -0.05) is 84.6 Å². The standard InChI is InChI=1S/C27H25NO3S2/c1-20-9-7-13-23(17-20)30-15-8-16-31-24-14-6-5-12-22(24)18-25-26(29)28(27(32)33-25)19-21-10-3-2-4-11-21/h2-7,9-14,17-18H,8,15-16,19H2,1H3/b25-18+. The van der Waals surface area contributed by atoms with Crippen LogP contribution in [0.4, 0.5) is 0 Å². The number of carbonyl (C=O) groups excluding carboxylic acids is 1. The minimum atomic E-state index is -0.0739. The molecule has 33 heavy (non-hydrogen) atoms. The lowest BCUT2D eigenvalue weighted by atomic mass is 10.1. The normalized spacial score (nSPS) is 14.7. The highest BCUT2D eigenvalue weighted by Gasteiger charge is 2.32. The Balaban J connectivity index is 1.35. The van der Waals surface area contributed by atoms with E-state index in [-0.39, 0.29) is 5.91 Å². The van der Waals surface area contributed by atoms with Gasteiger partial charge in [0, 0.05) is 12.0 Å². The minimum Gasteiger partial charge on any atom is -0.493 e. The molecule has 0 bridgehead atoms. The van der Waals surface area contributed by atoms with E-state index < -0.39 is 0 Å². The van der Waals surface area contributed by atoms with Gasteiger partial charge in [0.15, 0.2) is 0 Å². The first-order valence-electron chi connectivity index (χ1n) is 10.8. The van der Waals surface area contributed by atoms with Crippen LogP contribution in [0, 0.1) is 6.92 Å². The quantitative estimate of drug-likeness (QED) is 0.208. The molecule has 0 aromatic heterocycles. The number of rotatable bonds is 9. The van der Waals surface area contributed by atoms with E-state index in [1.54, 1.807) is 4.90 Å². The third-order valence-electron chi connectivity index (χ3n) is 5.07. The minimum absolute atomic E-state index is 0.0739. The van der Waals surface area contributed by atoms with Crippen molar-refractivity contribution in [2.45, 2.75) is 19.9 Å². The molecule has 0 unspecified atom stereocenters. The lowest BCUT2D eigenvalue weighted by Crippen LogP contribution is -2.27. The highest BCUT2D eigenvalue weighted by molar-refractivity contribution is 8.26. The zero-order valence-electron chi connectivity index (χ0n) is 18.4. The summed E-state index contributed by atoms with van der Waals surface area (Å²) in [6.07, 6.45) is 2.62. The molecule has 4 rings (SSSR count). The molecule has 168 valence electrons. The summed E-state index contributed by atoms with van der Waals surface area (Å²) in [5, 5.41) is 0. The summed E-state index contributed by atoms with van der Waals surface area (Å²) in [5.41, 5.74) is 3.08. The summed E-state index contributed by atoms with van der Waals surface area (Å²) < 4.78 is 12.4. The van der Waals surface area contributed by atoms with E-state index in [9.17, 15) is 4.79 Å². The van der Waals surface area contributed by atoms with Crippen LogP contribution < -0.4 is 9.47 Å². The predicted molar refractivity (Wildman–Crippen MR) is 138 cm³/mol. The van der Waals surface area contributed by atoms with E-state index in [1.165, 1.54) is 17.3 Å². The lowest BCUT2D eigenvalue weighted by molar-refractivity contribution is -0.122. The molecule has 3 aromatic rings. The van der Waals surface area contributed by atoms with E-state index in [1.807, 2.05) is 91.9 Å². The Labute approximate surface area is 204 Å². The Hall–Kier alpha value is -3.09. The maximum atomic E-state index is 13.0. The number of aryl methyl sites for hydroxylation is 1. The largest absolute Gasteiger partial charge is 0.493 e. The van der Waals surface area contributed by atoms with Gasteiger partial charge in [-0.15, -0.1) is 0 Å². The fourth-order valence-electron chi connectivity index (χ4n) is 3.41. The summed E-state index contributed by atoms with van der Waals surface area (Å²) in [6, 6.07) is 25.6. The number of hydrogen-bond donors (Lipinski definition) is 0. The van der Waals surface area contributed by atoms with Crippen molar-refractivity contribution in [1.82, 2.24) is 4.90 Å². The van der Waals surface area contributed by atoms with Crippen LogP contribution in [0.2, 0.25) is 0 Å². The first-order valence-corrected chi connectivity index (χ1v) is 12.0. The number of benzene rings is 3. The van der Waals surface area contributed by atoms with Crippen molar-refractivity contribution in [3.05, 3.63) is 100 Å². The van der Waals surface area contributed by atoms with Gasteiger partial charge in [-0.05, 0) is 42.3 Å². The monoisotopic (exact) mass is 475 g/mol. The van der Waals surface area contributed by atoms with Gasteiger partial charge in [0.25, 0.3) is 5.91 Å². The van der Waals surface area contributed by atoms with Gasteiger partial charge >= 0.3 is 0 Å².